The minimum Gasteiger partial charge on any atom is -0.497 e. The standard InChI is InChI=1S/C25H32Cl3N3O5S/c1-6-16(3)29-25(33)22(7-2)30(14-17-9-8-10-18(11-17)36-4)24(32)15-31(37(5,34)35)23-13-20(27)19(26)12-21(23)28/h8-13,16,22H,6-7,14-15H2,1-5H3,(H,29,33). The smallest absolute Gasteiger partial charge is 0.244 e. The van der Waals surface area contributed by atoms with E-state index >= 15 is 0 Å². The first kappa shape index (κ1) is 31.0. The second-order valence-corrected chi connectivity index (χ2v) is 11.7. The molecule has 1 N–H and O–H groups in total. The SMILES string of the molecule is CCC(C)NC(=O)C(CC)N(Cc1cccc(OC)c1)C(=O)CN(c1cc(Cl)c(Cl)cc1Cl)S(C)(=O)=O. The third-order valence-electron chi connectivity index (χ3n) is 5.81. The molecular weight excluding hydrogens is 561 g/mol. The maximum atomic E-state index is 13.8. The average Bonchev–Trinajstić information content (AvgIpc) is 2.84. The number of anilines is 1. The van der Waals surface area contributed by atoms with Gasteiger partial charge >= 0.3 is 0 Å². The molecule has 0 spiro atoms. The van der Waals surface area contributed by atoms with Gasteiger partial charge in [0, 0.05) is 12.6 Å². The van der Waals surface area contributed by atoms with E-state index in [0.29, 0.717) is 24.2 Å². The molecule has 37 heavy (non-hydrogen) atoms. The molecule has 2 unspecified atom stereocenters. The van der Waals surface area contributed by atoms with Gasteiger partial charge in [-0.05, 0) is 49.6 Å². The normalized spacial score (nSPS) is 13.0. The summed E-state index contributed by atoms with van der Waals surface area (Å²) in [5.74, 6) is -0.338. The molecule has 8 nitrogen and oxygen atoms in total. The van der Waals surface area contributed by atoms with E-state index in [1.807, 2.05) is 13.8 Å². The number of hydrogen-bond donors (Lipinski definition) is 1. The van der Waals surface area contributed by atoms with Gasteiger partial charge in [-0.1, -0.05) is 60.8 Å². The number of rotatable bonds is 12. The predicted octanol–water partition coefficient (Wildman–Crippen LogP) is 5.14. The number of nitrogens with one attached hydrogen (secondary N) is 1. The summed E-state index contributed by atoms with van der Waals surface area (Å²) in [5.41, 5.74) is 0.714. The van der Waals surface area contributed by atoms with Gasteiger partial charge in [-0.2, -0.15) is 0 Å². The van der Waals surface area contributed by atoms with Crippen LogP contribution >= 0.6 is 34.8 Å². The highest BCUT2D eigenvalue weighted by Crippen LogP contribution is 2.35. The molecule has 0 saturated heterocycles. The van der Waals surface area contributed by atoms with Crippen LogP contribution in [0.3, 0.4) is 0 Å². The van der Waals surface area contributed by atoms with Crippen LogP contribution in [0.4, 0.5) is 5.69 Å². The largest absolute Gasteiger partial charge is 0.497 e. The Hall–Kier alpha value is -2.20. The molecule has 0 aliphatic rings. The van der Waals surface area contributed by atoms with Gasteiger partial charge in [0.1, 0.15) is 18.3 Å². The highest BCUT2D eigenvalue weighted by Gasteiger charge is 2.33. The van der Waals surface area contributed by atoms with Crippen molar-refractivity contribution in [2.45, 2.75) is 52.2 Å². The zero-order valence-corrected chi connectivity index (χ0v) is 24.5. The van der Waals surface area contributed by atoms with Gasteiger partial charge in [0.05, 0.1) is 34.1 Å². The van der Waals surface area contributed by atoms with Crippen molar-refractivity contribution < 1.29 is 22.7 Å². The van der Waals surface area contributed by atoms with Crippen molar-refractivity contribution in [3.8, 4) is 5.75 Å². The molecule has 12 heteroatoms. The summed E-state index contributed by atoms with van der Waals surface area (Å²) in [4.78, 5) is 28.3. The molecule has 2 aromatic carbocycles. The molecule has 0 heterocycles. The molecule has 0 bridgehead atoms. The summed E-state index contributed by atoms with van der Waals surface area (Å²) in [6.45, 7) is 5.05. The van der Waals surface area contributed by atoms with Gasteiger partial charge < -0.3 is 15.0 Å². The monoisotopic (exact) mass is 591 g/mol. The van der Waals surface area contributed by atoms with E-state index in [-0.39, 0.29) is 39.2 Å². The molecule has 0 aromatic heterocycles. The van der Waals surface area contributed by atoms with Crippen molar-refractivity contribution in [2.75, 3.05) is 24.2 Å². The summed E-state index contributed by atoms with van der Waals surface area (Å²) in [6, 6.07) is 8.74. The molecule has 0 saturated carbocycles. The molecule has 2 rings (SSSR count). The first-order valence-electron chi connectivity index (χ1n) is 11.7. The zero-order valence-electron chi connectivity index (χ0n) is 21.4. The summed E-state index contributed by atoms with van der Waals surface area (Å²) in [6.07, 6.45) is 1.98. The van der Waals surface area contributed by atoms with E-state index in [0.717, 1.165) is 10.6 Å². The topological polar surface area (TPSA) is 96.0 Å². The molecule has 0 aliphatic carbocycles. The van der Waals surface area contributed by atoms with Crippen LogP contribution in [0, 0.1) is 0 Å². The average molecular weight is 593 g/mol. The minimum absolute atomic E-state index is 0.00496. The molecular formula is C25H32Cl3N3O5S. The lowest BCUT2D eigenvalue weighted by atomic mass is 10.1. The lowest BCUT2D eigenvalue weighted by Crippen LogP contribution is -2.53. The Morgan fingerprint density at radius 1 is 1.03 bits per heavy atom. The maximum absolute atomic E-state index is 13.8. The van der Waals surface area contributed by atoms with E-state index in [2.05, 4.69) is 5.32 Å². The molecule has 2 aromatic rings. The number of sulfonamides is 1. The van der Waals surface area contributed by atoms with Gasteiger partial charge in [-0.15, -0.1) is 0 Å². The maximum Gasteiger partial charge on any atom is 0.244 e. The Morgan fingerprint density at radius 3 is 2.24 bits per heavy atom. The Bertz CT molecular complexity index is 1230. The van der Waals surface area contributed by atoms with Gasteiger partial charge in [0.25, 0.3) is 0 Å². The van der Waals surface area contributed by atoms with Crippen LogP contribution in [0.15, 0.2) is 36.4 Å². The summed E-state index contributed by atoms with van der Waals surface area (Å²) >= 11 is 18.4. The predicted molar refractivity (Wildman–Crippen MR) is 149 cm³/mol. The molecule has 0 aliphatic heterocycles. The van der Waals surface area contributed by atoms with Crippen LogP contribution in [0.2, 0.25) is 15.1 Å². The van der Waals surface area contributed by atoms with Crippen LogP contribution in [-0.4, -0.2) is 57.1 Å². The summed E-state index contributed by atoms with van der Waals surface area (Å²) < 4.78 is 31.7. The minimum atomic E-state index is -3.98. The fraction of sp³-hybridized carbons (Fsp3) is 0.440. The second kappa shape index (κ2) is 13.6. The molecule has 2 amide bonds. The van der Waals surface area contributed by atoms with Crippen LogP contribution in [0.25, 0.3) is 0 Å². The van der Waals surface area contributed by atoms with Crippen molar-refractivity contribution >= 4 is 62.3 Å². The quantitative estimate of drug-likeness (QED) is 0.344. The number of hydrogen-bond acceptors (Lipinski definition) is 5. The van der Waals surface area contributed by atoms with E-state index in [1.165, 1.54) is 24.1 Å². The molecule has 0 fully saturated rings. The first-order valence-corrected chi connectivity index (χ1v) is 14.7. The second-order valence-electron chi connectivity index (χ2n) is 8.60. The molecule has 204 valence electrons. The lowest BCUT2D eigenvalue weighted by Gasteiger charge is -2.33. The molecule has 0 radical (unpaired) electrons. The highest BCUT2D eigenvalue weighted by atomic mass is 35.5. The third kappa shape index (κ3) is 8.40. The number of amides is 2. The van der Waals surface area contributed by atoms with E-state index in [9.17, 15) is 18.0 Å². The number of carbonyl (C=O) groups is 2. The van der Waals surface area contributed by atoms with Gasteiger partial charge in [-0.3, -0.25) is 13.9 Å². The number of halogens is 3. The van der Waals surface area contributed by atoms with Crippen molar-refractivity contribution in [3.05, 3.63) is 57.0 Å². The number of nitrogens with zero attached hydrogens (tertiary/aromatic N) is 2. The van der Waals surface area contributed by atoms with E-state index in [4.69, 9.17) is 39.5 Å². The number of carbonyl (C=O) groups excluding carboxylic acids is 2. The summed E-state index contributed by atoms with van der Waals surface area (Å²) in [7, 11) is -2.45. The Labute approximate surface area is 233 Å². The van der Waals surface area contributed by atoms with Crippen molar-refractivity contribution in [2.24, 2.45) is 0 Å². The van der Waals surface area contributed by atoms with E-state index < -0.39 is 28.5 Å². The van der Waals surface area contributed by atoms with Crippen LogP contribution in [0.1, 0.15) is 39.2 Å². The van der Waals surface area contributed by atoms with Crippen LogP contribution < -0.4 is 14.4 Å². The Morgan fingerprint density at radius 2 is 1.68 bits per heavy atom. The first-order chi connectivity index (χ1) is 17.3. The number of ether oxygens (including phenoxy) is 1. The van der Waals surface area contributed by atoms with E-state index in [1.54, 1.807) is 31.2 Å². The van der Waals surface area contributed by atoms with Gasteiger partial charge in [-0.25, -0.2) is 8.42 Å². The van der Waals surface area contributed by atoms with Crippen molar-refractivity contribution in [1.82, 2.24) is 10.2 Å². The summed E-state index contributed by atoms with van der Waals surface area (Å²) in [5, 5.41) is 3.15. The van der Waals surface area contributed by atoms with Gasteiger partial charge in [0.2, 0.25) is 21.8 Å². The fourth-order valence-electron chi connectivity index (χ4n) is 3.63. The third-order valence-corrected chi connectivity index (χ3v) is 7.96. The Balaban J connectivity index is 2.52. The van der Waals surface area contributed by atoms with Crippen molar-refractivity contribution in [3.63, 3.8) is 0 Å². The fourth-order valence-corrected chi connectivity index (χ4v) is 5.17. The zero-order chi connectivity index (χ0) is 27.9. The van der Waals surface area contributed by atoms with Crippen molar-refractivity contribution in [1.29, 1.82) is 0 Å². The Kier molecular flexibility index (Phi) is 11.4. The van der Waals surface area contributed by atoms with Crippen LogP contribution in [-0.2, 0) is 26.2 Å². The molecule has 2 atom stereocenters. The lowest BCUT2D eigenvalue weighted by molar-refractivity contribution is -0.140. The number of methoxy groups -OCH3 is 1. The van der Waals surface area contributed by atoms with Crippen LogP contribution in [0.5, 0.6) is 5.75 Å². The number of benzene rings is 2. The highest BCUT2D eigenvalue weighted by molar-refractivity contribution is 7.92. The van der Waals surface area contributed by atoms with Gasteiger partial charge in [0.15, 0.2) is 0 Å².